The van der Waals surface area contributed by atoms with Gasteiger partial charge in [-0.3, -0.25) is 4.79 Å². The predicted molar refractivity (Wildman–Crippen MR) is 78.5 cm³/mol. The molecule has 0 aromatic heterocycles. The number of hydrogen-bond acceptors (Lipinski definition) is 3. The molecular weight excluding hydrogens is 258 g/mol. The van der Waals surface area contributed by atoms with Gasteiger partial charge in [-0.2, -0.15) is 0 Å². The fraction of sp³-hybridized carbons (Fsp3) is 0.357. The zero-order valence-corrected chi connectivity index (χ0v) is 12.5. The van der Waals surface area contributed by atoms with Crippen LogP contribution >= 0.6 is 0 Å². The lowest BCUT2D eigenvalue weighted by molar-refractivity contribution is -0.116. The van der Waals surface area contributed by atoms with Gasteiger partial charge in [0.25, 0.3) is 0 Å². The van der Waals surface area contributed by atoms with E-state index < -0.39 is 8.56 Å². The fourth-order valence-electron chi connectivity index (χ4n) is 1.96. The number of carbonyl (C=O) groups excluding carboxylic acids is 1. The largest absolute Gasteiger partial charge is 0.394 e. The van der Waals surface area contributed by atoms with Gasteiger partial charge >= 0.3 is 8.56 Å². The molecule has 1 aromatic rings. The Balaban J connectivity index is 2.62. The van der Waals surface area contributed by atoms with E-state index in [-0.39, 0.29) is 5.91 Å². The number of rotatable bonds is 8. The number of carbonyl (C=O) groups is 1. The van der Waals surface area contributed by atoms with Crippen molar-refractivity contribution < 1.29 is 13.6 Å². The number of hydrogen-bond donors (Lipinski definition) is 1. The second kappa shape index (κ2) is 7.88. The molecule has 0 spiro atoms. The summed E-state index contributed by atoms with van der Waals surface area (Å²) in [6.45, 7) is 4.01. The molecule has 0 aliphatic carbocycles. The Morgan fingerprint density at radius 1 is 1.32 bits per heavy atom. The molecule has 1 aromatic carbocycles. The maximum absolute atomic E-state index is 11.1. The molecule has 1 rings (SSSR count). The molecule has 0 aliphatic rings. The Kier molecular flexibility index (Phi) is 6.48. The van der Waals surface area contributed by atoms with Gasteiger partial charge in [-0.15, -0.1) is 0 Å². The molecule has 0 heterocycles. The monoisotopic (exact) mass is 279 g/mol. The maximum Gasteiger partial charge on any atom is 0.372 e. The lowest BCUT2D eigenvalue weighted by atomic mass is 10.4. The molecule has 4 nitrogen and oxygen atoms in total. The van der Waals surface area contributed by atoms with Crippen molar-refractivity contribution in [2.24, 2.45) is 0 Å². The van der Waals surface area contributed by atoms with Crippen molar-refractivity contribution in [2.75, 3.05) is 20.8 Å². The van der Waals surface area contributed by atoms with Gasteiger partial charge in [0.15, 0.2) is 0 Å². The Morgan fingerprint density at radius 2 is 1.95 bits per heavy atom. The van der Waals surface area contributed by atoms with Crippen molar-refractivity contribution in [3.05, 3.63) is 43.0 Å². The van der Waals surface area contributed by atoms with Gasteiger partial charge in [0.2, 0.25) is 5.91 Å². The van der Waals surface area contributed by atoms with Crippen molar-refractivity contribution in [3.8, 4) is 0 Å². The molecule has 0 aliphatic heterocycles. The molecule has 104 valence electrons. The van der Waals surface area contributed by atoms with E-state index in [1.165, 1.54) is 6.08 Å². The van der Waals surface area contributed by atoms with Crippen LogP contribution in [0.15, 0.2) is 43.0 Å². The van der Waals surface area contributed by atoms with Gasteiger partial charge in [0.05, 0.1) is 0 Å². The van der Waals surface area contributed by atoms with Gasteiger partial charge in [-0.05, 0) is 23.7 Å². The Hall–Kier alpha value is -1.43. The quantitative estimate of drug-likeness (QED) is 0.443. The summed E-state index contributed by atoms with van der Waals surface area (Å²) in [5.74, 6) is -0.151. The normalized spacial score (nSPS) is 11.1. The van der Waals surface area contributed by atoms with E-state index in [0.29, 0.717) is 6.54 Å². The molecule has 19 heavy (non-hydrogen) atoms. The van der Waals surface area contributed by atoms with E-state index in [1.807, 2.05) is 30.3 Å². The first-order valence-corrected chi connectivity index (χ1v) is 8.27. The van der Waals surface area contributed by atoms with Crippen LogP contribution in [0.4, 0.5) is 0 Å². The van der Waals surface area contributed by atoms with E-state index in [1.54, 1.807) is 14.2 Å². The van der Waals surface area contributed by atoms with Crippen molar-refractivity contribution in [3.63, 3.8) is 0 Å². The van der Waals surface area contributed by atoms with Crippen molar-refractivity contribution in [1.29, 1.82) is 0 Å². The lowest BCUT2D eigenvalue weighted by Crippen LogP contribution is -2.52. The molecule has 0 bridgehead atoms. The van der Waals surface area contributed by atoms with E-state index in [0.717, 1.165) is 17.7 Å². The third-order valence-corrected chi connectivity index (χ3v) is 6.58. The highest BCUT2D eigenvalue weighted by atomic mass is 28.4. The third kappa shape index (κ3) is 4.31. The summed E-state index contributed by atoms with van der Waals surface area (Å²) in [7, 11) is 0.992. The van der Waals surface area contributed by atoms with Crippen LogP contribution in [-0.4, -0.2) is 35.2 Å². The first-order valence-electron chi connectivity index (χ1n) is 6.24. The molecule has 0 unspecified atom stereocenters. The number of amides is 1. The molecule has 5 heteroatoms. The predicted octanol–water partition coefficient (Wildman–Crippen LogP) is 1.32. The minimum atomic E-state index is -2.38. The average Bonchev–Trinajstić information content (AvgIpc) is 2.48. The molecule has 0 radical (unpaired) electrons. The molecule has 0 saturated heterocycles. The van der Waals surface area contributed by atoms with E-state index >= 15 is 0 Å². The molecule has 1 N–H and O–H groups in total. The first kappa shape index (κ1) is 15.6. The third-order valence-electron chi connectivity index (χ3n) is 3.04. The number of nitrogens with one attached hydrogen (secondary N) is 1. The van der Waals surface area contributed by atoms with Crippen LogP contribution < -0.4 is 10.5 Å². The molecule has 0 saturated carbocycles. The summed E-state index contributed by atoms with van der Waals surface area (Å²) in [5, 5.41) is 3.87. The zero-order valence-electron chi connectivity index (χ0n) is 11.5. The van der Waals surface area contributed by atoms with Crippen LogP contribution in [0.1, 0.15) is 6.42 Å². The van der Waals surface area contributed by atoms with Crippen LogP contribution in [0.25, 0.3) is 0 Å². The van der Waals surface area contributed by atoms with Crippen LogP contribution in [-0.2, 0) is 13.6 Å². The zero-order chi connectivity index (χ0) is 14.1. The fourth-order valence-corrected chi connectivity index (χ4v) is 4.64. The maximum atomic E-state index is 11.1. The van der Waals surface area contributed by atoms with Gasteiger partial charge in [-0.25, -0.2) is 0 Å². The first-order chi connectivity index (χ1) is 9.18. The van der Waals surface area contributed by atoms with E-state index in [2.05, 4.69) is 11.9 Å². The summed E-state index contributed by atoms with van der Waals surface area (Å²) in [6, 6.07) is 10.8. The highest BCUT2D eigenvalue weighted by Gasteiger charge is 2.37. The average molecular weight is 279 g/mol. The molecular formula is C14H21NO3Si. The summed E-state index contributed by atoms with van der Waals surface area (Å²) in [6.07, 6.45) is 2.08. The smallest absolute Gasteiger partial charge is 0.372 e. The van der Waals surface area contributed by atoms with Gasteiger partial charge in [-0.1, -0.05) is 36.9 Å². The highest BCUT2D eigenvalue weighted by molar-refractivity contribution is 6.81. The summed E-state index contributed by atoms with van der Waals surface area (Å²) >= 11 is 0. The Labute approximate surface area is 115 Å². The summed E-state index contributed by atoms with van der Waals surface area (Å²) < 4.78 is 11.4. The lowest BCUT2D eigenvalue weighted by Gasteiger charge is -2.27. The SMILES string of the molecule is C=CC(=O)NCCC[Si](OC)(OC)c1ccccc1. The van der Waals surface area contributed by atoms with Crippen LogP contribution in [0.3, 0.4) is 0 Å². The van der Waals surface area contributed by atoms with Gasteiger partial charge in [0, 0.05) is 20.8 Å². The van der Waals surface area contributed by atoms with Crippen LogP contribution in [0.2, 0.25) is 6.04 Å². The number of benzene rings is 1. The Morgan fingerprint density at radius 3 is 2.47 bits per heavy atom. The molecule has 0 fully saturated rings. The Bertz CT molecular complexity index is 404. The molecule has 0 atom stereocenters. The summed E-state index contributed by atoms with van der Waals surface area (Å²) in [4.78, 5) is 11.1. The second-order valence-corrected chi connectivity index (χ2v) is 7.53. The van der Waals surface area contributed by atoms with Crippen LogP contribution in [0, 0.1) is 0 Å². The standard InChI is InChI=1S/C14H21NO3Si/c1-4-14(16)15-11-8-12-19(17-2,18-3)13-9-6-5-7-10-13/h4-7,9-10H,1,8,11-12H2,2-3H3,(H,15,16). The van der Waals surface area contributed by atoms with Crippen LogP contribution in [0.5, 0.6) is 0 Å². The summed E-state index contributed by atoms with van der Waals surface area (Å²) in [5.41, 5.74) is 0. The van der Waals surface area contributed by atoms with Crippen molar-refractivity contribution >= 4 is 19.7 Å². The topological polar surface area (TPSA) is 47.6 Å². The van der Waals surface area contributed by atoms with E-state index in [9.17, 15) is 4.79 Å². The highest BCUT2D eigenvalue weighted by Crippen LogP contribution is 2.14. The van der Waals surface area contributed by atoms with Crippen molar-refractivity contribution in [2.45, 2.75) is 12.5 Å². The molecule has 1 amide bonds. The minimum Gasteiger partial charge on any atom is -0.394 e. The second-order valence-electron chi connectivity index (χ2n) is 4.13. The van der Waals surface area contributed by atoms with Crippen molar-refractivity contribution in [1.82, 2.24) is 5.32 Å². The minimum absolute atomic E-state index is 0.151. The van der Waals surface area contributed by atoms with Gasteiger partial charge < -0.3 is 14.2 Å². The van der Waals surface area contributed by atoms with E-state index in [4.69, 9.17) is 8.85 Å². The van der Waals surface area contributed by atoms with Gasteiger partial charge in [0.1, 0.15) is 0 Å².